The number of ether oxygens (including phenoxy) is 2. The van der Waals surface area contributed by atoms with Gasteiger partial charge in [0.25, 0.3) is 0 Å². The molecule has 0 aromatic heterocycles. The van der Waals surface area contributed by atoms with Gasteiger partial charge in [-0.2, -0.15) is 5.26 Å². The molecular weight excluding hydrogens is 256 g/mol. The minimum absolute atomic E-state index is 0.0483. The monoisotopic (exact) mass is 276 g/mol. The molecule has 5 nitrogen and oxygen atoms in total. The van der Waals surface area contributed by atoms with Crippen molar-refractivity contribution in [3.63, 3.8) is 0 Å². The normalized spacial score (nSPS) is 11.4. The van der Waals surface area contributed by atoms with Crippen molar-refractivity contribution in [1.82, 2.24) is 5.32 Å². The minimum atomic E-state index is -0.188. The molecule has 5 heteroatoms. The molecule has 0 bridgehead atoms. The Labute approximate surface area is 119 Å². The first kappa shape index (κ1) is 16.0. The molecule has 0 aliphatic heterocycles. The van der Waals surface area contributed by atoms with Crippen molar-refractivity contribution in [1.29, 1.82) is 5.26 Å². The second-order valence-electron chi connectivity index (χ2n) is 4.25. The molecule has 1 unspecified atom stereocenters. The van der Waals surface area contributed by atoms with Crippen LogP contribution in [0.25, 0.3) is 0 Å². The van der Waals surface area contributed by atoms with Gasteiger partial charge in [-0.15, -0.1) is 0 Å². The average Bonchev–Trinajstić information content (AvgIpc) is 2.46. The molecule has 0 fully saturated rings. The summed E-state index contributed by atoms with van der Waals surface area (Å²) in [6.07, 6.45) is 0.363. The molecule has 1 aromatic rings. The first-order valence-electron chi connectivity index (χ1n) is 6.66. The fourth-order valence-electron chi connectivity index (χ4n) is 1.71. The fourth-order valence-corrected chi connectivity index (χ4v) is 1.71. The van der Waals surface area contributed by atoms with E-state index in [4.69, 9.17) is 14.7 Å². The predicted molar refractivity (Wildman–Crippen MR) is 75.2 cm³/mol. The zero-order valence-electron chi connectivity index (χ0n) is 11.9. The Morgan fingerprint density at radius 3 is 2.70 bits per heavy atom. The van der Waals surface area contributed by atoms with Crippen LogP contribution in [0.3, 0.4) is 0 Å². The quantitative estimate of drug-likeness (QED) is 0.737. The Morgan fingerprint density at radius 2 is 2.10 bits per heavy atom. The van der Waals surface area contributed by atoms with Gasteiger partial charge in [-0.05, 0) is 31.5 Å². The lowest BCUT2D eigenvalue weighted by Crippen LogP contribution is -2.22. The molecule has 0 radical (unpaired) electrons. The van der Waals surface area contributed by atoms with E-state index in [1.807, 2.05) is 37.3 Å². The van der Waals surface area contributed by atoms with Crippen molar-refractivity contribution in [3.8, 4) is 11.8 Å². The highest BCUT2D eigenvalue weighted by Crippen LogP contribution is 2.17. The van der Waals surface area contributed by atoms with Gasteiger partial charge >= 0.3 is 5.97 Å². The van der Waals surface area contributed by atoms with E-state index in [0.29, 0.717) is 25.3 Å². The molecule has 0 aliphatic carbocycles. The Hall–Kier alpha value is -2.06. The van der Waals surface area contributed by atoms with Crippen LogP contribution in [0.2, 0.25) is 0 Å². The van der Waals surface area contributed by atoms with Crippen molar-refractivity contribution in [2.75, 3.05) is 19.8 Å². The predicted octanol–water partition coefficient (Wildman–Crippen LogP) is 2.19. The lowest BCUT2D eigenvalue weighted by molar-refractivity contribution is -0.143. The van der Waals surface area contributed by atoms with Gasteiger partial charge < -0.3 is 14.8 Å². The lowest BCUT2D eigenvalue weighted by atomic mass is 10.1. The number of nitrogens with one attached hydrogen (secondary N) is 1. The molecule has 0 saturated carbocycles. The maximum Gasteiger partial charge on any atom is 0.307 e. The molecule has 0 amide bonds. The van der Waals surface area contributed by atoms with Crippen molar-refractivity contribution in [2.45, 2.75) is 26.3 Å². The van der Waals surface area contributed by atoms with Gasteiger partial charge in [-0.25, -0.2) is 0 Å². The van der Waals surface area contributed by atoms with Gasteiger partial charge in [0.1, 0.15) is 11.8 Å². The van der Waals surface area contributed by atoms with Gasteiger partial charge in [0.05, 0.1) is 13.0 Å². The third-order valence-corrected chi connectivity index (χ3v) is 2.77. The number of benzene rings is 1. The summed E-state index contributed by atoms with van der Waals surface area (Å²) in [4.78, 5) is 11.2. The summed E-state index contributed by atoms with van der Waals surface area (Å²) >= 11 is 0. The highest BCUT2D eigenvalue weighted by Gasteiger charge is 2.07. The molecule has 0 aliphatic rings. The lowest BCUT2D eigenvalue weighted by Gasteiger charge is -2.14. The molecule has 1 N–H and O–H groups in total. The standard InChI is InChI=1S/C15H20N2O3/c1-3-19-15(18)8-10-17-12(2)13-4-6-14(7-5-13)20-11-9-16/h4-7,12,17H,3,8,10-11H2,1-2H3. The van der Waals surface area contributed by atoms with E-state index in [0.717, 1.165) is 5.56 Å². The van der Waals surface area contributed by atoms with E-state index in [-0.39, 0.29) is 18.6 Å². The van der Waals surface area contributed by atoms with Crippen LogP contribution < -0.4 is 10.1 Å². The Bertz CT molecular complexity index is 451. The van der Waals surface area contributed by atoms with E-state index < -0.39 is 0 Å². The first-order valence-corrected chi connectivity index (χ1v) is 6.66. The molecule has 1 atom stereocenters. The fraction of sp³-hybridized carbons (Fsp3) is 0.467. The Morgan fingerprint density at radius 1 is 1.40 bits per heavy atom. The largest absolute Gasteiger partial charge is 0.479 e. The number of rotatable bonds is 8. The van der Waals surface area contributed by atoms with Crippen LogP contribution in [-0.4, -0.2) is 25.7 Å². The number of hydrogen-bond acceptors (Lipinski definition) is 5. The van der Waals surface area contributed by atoms with E-state index in [1.54, 1.807) is 6.92 Å². The third-order valence-electron chi connectivity index (χ3n) is 2.77. The number of carbonyl (C=O) groups excluding carboxylic acids is 1. The summed E-state index contributed by atoms with van der Waals surface area (Å²) in [5.41, 5.74) is 1.10. The number of nitriles is 1. The summed E-state index contributed by atoms with van der Waals surface area (Å²) in [7, 11) is 0. The Balaban J connectivity index is 2.37. The molecular formula is C15H20N2O3. The maximum absolute atomic E-state index is 11.2. The van der Waals surface area contributed by atoms with Gasteiger partial charge in [0.2, 0.25) is 0 Å². The summed E-state index contributed by atoms with van der Waals surface area (Å²) < 4.78 is 10.0. The van der Waals surface area contributed by atoms with E-state index in [9.17, 15) is 4.79 Å². The van der Waals surface area contributed by atoms with Crippen molar-refractivity contribution >= 4 is 5.97 Å². The summed E-state index contributed by atoms with van der Waals surface area (Å²) in [5.74, 6) is 0.487. The molecule has 1 aromatic carbocycles. The third kappa shape index (κ3) is 5.72. The molecule has 0 heterocycles. The summed E-state index contributed by atoms with van der Waals surface area (Å²) in [6, 6.07) is 9.60. The number of hydrogen-bond donors (Lipinski definition) is 1. The van der Waals surface area contributed by atoms with Crippen molar-refractivity contribution in [2.24, 2.45) is 0 Å². The van der Waals surface area contributed by atoms with Crippen molar-refractivity contribution in [3.05, 3.63) is 29.8 Å². The Kier molecular flexibility index (Phi) is 7.15. The van der Waals surface area contributed by atoms with E-state index >= 15 is 0 Å². The minimum Gasteiger partial charge on any atom is -0.479 e. The van der Waals surface area contributed by atoms with Gasteiger partial charge in [-0.3, -0.25) is 4.79 Å². The van der Waals surface area contributed by atoms with Crippen LogP contribution in [0.15, 0.2) is 24.3 Å². The van der Waals surface area contributed by atoms with Crippen LogP contribution in [0.4, 0.5) is 0 Å². The number of carbonyl (C=O) groups is 1. The number of nitrogens with zero attached hydrogens (tertiary/aromatic N) is 1. The van der Waals surface area contributed by atoms with Crippen LogP contribution in [0, 0.1) is 11.3 Å². The van der Waals surface area contributed by atoms with Gasteiger partial charge in [0, 0.05) is 12.6 Å². The van der Waals surface area contributed by atoms with Gasteiger partial charge in [-0.1, -0.05) is 12.1 Å². The highest BCUT2D eigenvalue weighted by atomic mass is 16.5. The second-order valence-corrected chi connectivity index (χ2v) is 4.25. The van der Waals surface area contributed by atoms with Crippen LogP contribution in [0.1, 0.15) is 31.9 Å². The zero-order chi connectivity index (χ0) is 14.8. The summed E-state index contributed by atoms with van der Waals surface area (Å²) in [6.45, 7) is 4.86. The first-order chi connectivity index (χ1) is 9.67. The smallest absolute Gasteiger partial charge is 0.307 e. The highest BCUT2D eigenvalue weighted by molar-refractivity contribution is 5.69. The van der Waals surface area contributed by atoms with Crippen molar-refractivity contribution < 1.29 is 14.3 Å². The number of esters is 1. The van der Waals surface area contributed by atoms with Gasteiger partial charge in [0.15, 0.2) is 6.61 Å². The second kappa shape index (κ2) is 8.94. The van der Waals surface area contributed by atoms with Crippen LogP contribution in [-0.2, 0) is 9.53 Å². The molecule has 0 saturated heterocycles. The zero-order valence-corrected chi connectivity index (χ0v) is 11.9. The summed E-state index contributed by atoms with van der Waals surface area (Å²) in [5, 5.41) is 11.7. The SMILES string of the molecule is CCOC(=O)CCNC(C)c1ccc(OCC#N)cc1. The average molecular weight is 276 g/mol. The maximum atomic E-state index is 11.2. The van der Waals surface area contributed by atoms with Crippen LogP contribution >= 0.6 is 0 Å². The van der Waals surface area contributed by atoms with E-state index in [1.165, 1.54) is 0 Å². The molecule has 20 heavy (non-hydrogen) atoms. The topological polar surface area (TPSA) is 71.3 Å². The molecule has 108 valence electrons. The molecule has 0 spiro atoms. The van der Waals surface area contributed by atoms with E-state index in [2.05, 4.69) is 5.32 Å². The van der Waals surface area contributed by atoms with Crippen LogP contribution in [0.5, 0.6) is 5.75 Å². The molecule has 1 rings (SSSR count).